The molecular weight excluding hydrogens is 245 g/mol. The van der Waals surface area contributed by atoms with E-state index < -0.39 is 0 Å². The standard InChI is InChI=1S/C14H16FN3O/c1-10-9-18(2)17-13(10)14(19)16-8-7-11-3-5-12(15)6-4-11/h3-6,9H,7-8H2,1-2H3,(H,16,19). The Balaban J connectivity index is 1.87. The van der Waals surface area contributed by atoms with Crippen LogP contribution in [0.4, 0.5) is 4.39 Å². The molecule has 0 saturated carbocycles. The molecule has 0 fully saturated rings. The molecule has 1 aromatic carbocycles. The number of rotatable bonds is 4. The van der Waals surface area contributed by atoms with Gasteiger partial charge in [-0.15, -0.1) is 0 Å². The van der Waals surface area contributed by atoms with Crippen LogP contribution < -0.4 is 5.32 Å². The van der Waals surface area contributed by atoms with Crippen LogP contribution in [0.3, 0.4) is 0 Å². The van der Waals surface area contributed by atoms with Gasteiger partial charge in [-0.05, 0) is 31.0 Å². The van der Waals surface area contributed by atoms with Crippen LogP contribution in [0.1, 0.15) is 21.6 Å². The molecule has 2 aromatic rings. The zero-order valence-corrected chi connectivity index (χ0v) is 11.0. The summed E-state index contributed by atoms with van der Waals surface area (Å²) in [7, 11) is 1.78. The highest BCUT2D eigenvalue weighted by Crippen LogP contribution is 2.05. The summed E-state index contributed by atoms with van der Waals surface area (Å²) in [6.45, 7) is 2.35. The van der Waals surface area contributed by atoms with E-state index in [0.29, 0.717) is 18.7 Å². The Kier molecular flexibility index (Phi) is 3.94. The summed E-state index contributed by atoms with van der Waals surface area (Å²) in [6, 6.07) is 6.27. The summed E-state index contributed by atoms with van der Waals surface area (Å²) in [6.07, 6.45) is 2.47. The van der Waals surface area contributed by atoms with Crippen molar-refractivity contribution in [2.75, 3.05) is 6.54 Å². The van der Waals surface area contributed by atoms with Crippen LogP contribution in [-0.4, -0.2) is 22.2 Å². The van der Waals surface area contributed by atoms with E-state index >= 15 is 0 Å². The number of hydrogen-bond acceptors (Lipinski definition) is 2. The van der Waals surface area contributed by atoms with Gasteiger partial charge in [-0.25, -0.2) is 4.39 Å². The third-order valence-corrected chi connectivity index (χ3v) is 2.84. The van der Waals surface area contributed by atoms with Crippen molar-refractivity contribution in [2.45, 2.75) is 13.3 Å². The molecule has 1 heterocycles. The van der Waals surface area contributed by atoms with E-state index in [0.717, 1.165) is 11.1 Å². The maximum Gasteiger partial charge on any atom is 0.272 e. The summed E-state index contributed by atoms with van der Waals surface area (Å²) in [5.74, 6) is -0.433. The number of carbonyl (C=O) groups is 1. The van der Waals surface area contributed by atoms with Crippen molar-refractivity contribution in [1.82, 2.24) is 15.1 Å². The van der Waals surface area contributed by atoms with Gasteiger partial charge in [-0.2, -0.15) is 5.10 Å². The van der Waals surface area contributed by atoms with Gasteiger partial charge in [0.25, 0.3) is 5.91 Å². The number of nitrogens with zero attached hydrogens (tertiary/aromatic N) is 2. The zero-order chi connectivity index (χ0) is 13.8. The second-order valence-corrected chi connectivity index (χ2v) is 4.47. The Hall–Kier alpha value is -2.17. The van der Waals surface area contributed by atoms with Crippen LogP contribution in [0, 0.1) is 12.7 Å². The Morgan fingerprint density at radius 3 is 2.63 bits per heavy atom. The molecular formula is C14H16FN3O. The lowest BCUT2D eigenvalue weighted by Crippen LogP contribution is -2.26. The van der Waals surface area contributed by atoms with Gasteiger partial charge in [-0.3, -0.25) is 9.48 Å². The summed E-state index contributed by atoms with van der Waals surface area (Å²) < 4.78 is 14.3. The van der Waals surface area contributed by atoms with E-state index in [1.165, 1.54) is 12.1 Å². The quantitative estimate of drug-likeness (QED) is 0.913. The summed E-state index contributed by atoms with van der Waals surface area (Å²) in [5, 5.41) is 6.91. The average Bonchev–Trinajstić information content (AvgIpc) is 2.71. The minimum Gasteiger partial charge on any atom is -0.350 e. The fourth-order valence-corrected chi connectivity index (χ4v) is 1.89. The highest BCUT2D eigenvalue weighted by Gasteiger charge is 2.12. The Labute approximate surface area is 111 Å². The van der Waals surface area contributed by atoms with Crippen molar-refractivity contribution in [3.8, 4) is 0 Å². The van der Waals surface area contributed by atoms with Crippen molar-refractivity contribution in [2.24, 2.45) is 7.05 Å². The number of benzene rings is 1. The number of amides is 1. The predicted octanol–water partition coefficient (Wildman–Crippen LogP) is 1.84. The maximum absolute atomic E-state index is 12.7. The van der Waals surface area contributed by atoms with E-state index in [-0.39, 0.29) is 11.7 Å². The van der Waals surface area contributed by atoms with Crippen LogP contribution in [-0.2, 0) is 13.5 Å². The lowest BCUT2D eigenvalue weighted by Gasteiger charge is -2.04. The Bertz CT molecular complexity index is 575. The van der Waals surface area contributed by atoms with Crippen LogP contribution in [0.15, 0.2) is 30.5 Å². The molecule has 2 rings (SSSR count). The highest BCUT2D eigenvalue weighted by atomic mass is 19.1. The van der Waals surface area contributed by atoms with Gasteiger partial charge >= 0.3 is 0 Å². The molecule has 0 atom stereocenters. The first kappa shape index (κ1) is 13.3. The molecule has 0 spiro atoms. The number of carbonyl (C=O) groups excluding carboxylic acids is 1. The van der Waals surface area contributed by atoms with Crippen molar-refractivity contribution in [3.63, 3.8) is 0 Å². The number of hydrogen-bond donors (Lipinski definition) is 1. The number of aryl methyl sites for hydroxylation is 2. The van der Waals surface area contributed by atoms with Crippen molar-refractivity contribution < 1.29 is 9.18 Å². The number of aromatic nitrogens is 2. The highest BCUT2D eigenvalue weighted by molar-refractivity contribution is 5.93. The van der Waals surface area contributed by atoms with E-state index in [2.05, 4.69) is 10.4 Å². The van der Waals surface area contributed by atoms with Crippen molar-refractivity contribution in [3.05, 3.63) is 53.1 Å². The van der Waals surface area contributed by atoms with Crippen molar-refractivity contribution >= 4 is 5.91 Å². The van der Waals surface area contributed by atoms with E-state index in [1.807, 2.05) is 6.92 Å². The Morgan fingerprint density at radius 2 is 2.05 bits per heavy atom. The maximum atomic E-state index is 12.7. The third kappa shape index (κ3) is 3.40. The predicted molar refractivity (Wildman–Crippen MR) is 70.4 cm³/mol. The van der Waals surface area contributed by atoms with Gasteiger partial charge in [0, 0.05) is 25.4 Å². The number of nitrogens with one attached hydrogen (secondary N) is 1. The zero-order valence-electron chi connectivity index (χ0n) is 11.0. The molecule has 100 valence electrons. The molecule has 0 radical (unpaired) electrons. The van der Waals surface area contributed by atoms with Gasteiger partial charge in [0.2, 0.25) is 0 Å². The second kappa shape index (κ2) is 5.65. The normalized spacial score (nSPS) is 10.5. The molecule has 1 N–H and O–H groups in total. The minimum absolute atomic E-state index is 0.180. The van der Waals surface area contributed by atoms with Gasteiger partial charge in [0.1, 0.15) is 5.82 Å². The second-order valence-electron chi connectivity index (χ2n) is 4.47. The molecule has 5 heteroatoms. The molecule has 19 heavy (non-hydrogen) atoms. The fourth-order valence-electron chi connectivity index (χ4n) is 1.89. The molecule has 0 unspecified atom stereocenters. The van der Waals surface area contributed by atoms with Gasteiger partial charge in [0.05, 0.1) is 0 Å². The molecule has 1 aromatic heterocycles. The minimum atomic E-state index is -0.253. The Morgan fingerprint density at radius 1 is 1.37 bits per heavy atom. The lowest BCUT2D eigenvalue weighted by atomic mass is 10.1. The smallest absolute Gasteiger partial charge is 0.272 e. The van der Waals surface area contributed by atoms with Crippen LogP contribution in [0.2, 0.25) is 0 Å². The lowest BCUT2D eigenvalue weighted by molar-refractivity contribution is 0.0948. The van der Waals surface area contributed by atoms with Crippen molar-refractivity contribution in [1.29, 1.82) is 0 Å². The van der Waals surface area contributed by atoms with Crippen LogP contribution >= 0.6 is 0 Å². The molecule has 0 saturated heterocycles. The van der Waals surface area contributed by atoms with Gasteiger partial charge in [0.15, 0.2) is 5.69 Å². The summed E-state index contributed by atoms with van der Waals surface area (Å²) in [4.78, 5) is 11.9. The fraction of sp³-hybridized carbons (Fsp3) is 0.286. The van der Waals surface area contributed by atoms with Gasteiger partial charge in [-0.1, -0.05) is 12.1 Å². The topological polar surface area (TPSA) is 46.9 Å². The first-order valence-electron chi connectivity index (χ1n) is 6.09. The summed E-state index contributed by atoms with van der Waals surface area (Å²) in [5.41, 5.74) is 2.28. The molecule has 0 bridgehead atoms. The number of halogens is 1. The molecule has 0 aliphatic carbocycles. The van der Waals surface area contributed by atoms with E-state index in [4.69, 9.17) is 0 Å². The molecule has 0 aliphatic rings. The monoisotopic (exact) mass is 261 g/mol. The van der Waals surface area contributed by atoms with Gasteiger partial charge < -0.3 is 5.32 Å². The molecule has 1 amide bonds. The average molecular weight is 261 g/mol. The largest absolute Gasteiger partial charge is 0.350 e. The first-order chi connectivity index (χ1) is 9.06. The SMILES string of the molecule is Cc1cn(C)nc1C(=O)NCCc1ccc(F)cc1. The van der Waals surface area contributed by atoms with Crippen LogP contribution in [0.25, 0.3) is 0 Å². The molecule has 4 nitrogen and oxygen atoms in total. The van der Waals surface area contributed by atoms with E-state index in [1.54, 1.807) is 30.1 Å². The van der Waals surface area contributed by atoms with E-state index in [9.17, 15) is 9.18 Å². The first-order valence-corrected chi connectivity index (χ1v) is 6.09. The summed E-state index contributed by atoms with van der Waals surface area (Å²) >= 11 is 0. The third-order valence-electron chi connectivity index (χ3n) is 2.84. The molecule has 0 aliphatic heterocycles. The van der Waals surface area contributed by atoms with Crippen LogP contribution in [0.5, 0.6) is 0 Å².